The highest BCUT2D eigenvalue weighted by Crippen LogP contribution is 2.38. The van der Waals surface area contributed by atoms with E-state index < -0.39 is 23.3 Å². The normalized spacial score (nSPS) is 18.0. The number of methoxy groups -OCH3 is 1. The van der Waals surface area contributed by atoms with E-state index in [0.29, 0.717) is 6.54 Å². The Kier molecular flexibility index (Phi) is 7.26. The van der Waals surface area contributed by atoms with Gasteiger partial charge in [0.05, 0.1) is 29.9 Å². The Balaban J connectivity index is 1.78. The lowest BCUT2D eigenvalue weighted by Gasteiger charge is -2.30. The molecule has 0 saturated carbocycles. The smallest absolute Gasteiger partial charge is 0.418 e. The molecule has 1 aliphatic heterocycles. The van der Waals surface area contributed by atoms with Gasteiger partial charge in [-0.15, -0.1) is 0 Å². The molecule has 2 aromatic carbocycles. The summed E-state index contributed by atoms with van der Waals surface area (Å²) < 4.78 is 45.1. The lowest BCUT2D eigenvalue weighted by Crippen LogP contribution is -2.36. The van der Waals surface area contributed by atoms with Gasteiger partial charge in [0.1, 0.15) is 5.75 Å². The minimum absolute atomic E-state index is 0.0116. The van der Waals surface area contributed by atoms with E-state index >= 15 is 0 Å². The molecular formula is C22H24ClF3N2O2. The molecule has 1 unspecified atom stereocenters. The van der Waals surface area contributed by atoms with Crippen molar-refractivity contribution < 1.29 is 22.7 Å². The zero-order chi connectivity index (χ0) is 21.7. The van der Waals surface area contributed by atoms with Crippen molar-refractivity contribution in [3.8, 4) is 5.75 Å². The summed E-state index contributed by atoms with van der Waals surface area (Å²) in [5, 5.41) is 2.25. The number of hydrogen-bond donors (Lipinski definition) is 1. The summed E-state index contributed by atoms with van der Waals surface area (Å²) in [4.78, 5) is 14.7. The number of ether oxygens (including phenoxy) is 1. The molecule has 1 aliphatic rings. The number of carbonyl (C=O) groups excluding carboxylic acids is 1. The first-order chi connectivity index (χ1) is 14.3. The molecule has 4 nitrogen and oxygen atoms in total. The lowest BCUT2D eigenvalue weighted by molar-refractivity contribution is -0.137. The number of anilines is 1. The van der Waals surface area contributed by atoms with Gasteiger partial charge >= 0.3 is 6.18 Å². The zero-order valence-electron chi connectivity index (χ0n) is 16.6. The van der Waals surface area contributed by atoms with Crippen LogP contribution in [0.4, 0.5) is 18.9 Å². The minimum atomic E-state index is -4.61. The molecule has 0 spiro atoms. The molecule has 0 aromatic heterocycles. The van der Waals surface area contributed by atoms with Crippen molar-refractivity contribution in [2.75, 3.05) is 25.5 Å². The van der Waals surface area contributed by atoms with Crippen LogP contribution in [-0.2, 0) is 11.0 Å². The molecule has 1 heterocycles. The van der Waals surface area contributed by atoms with E-state index in [1.165, 1.54) is 12.1 Å². The number of amides is 1. The van der Waals surface area contributed by atoms with Crippen LogP contribution >= 0.6 is 11.6 Å². The van der Waals surface area contributed by atoms with E-state index in [0.717, 1.165) is 43.1 Å². The minimum Gasteiger partial charge on any atom is -0.497 e. The van der Waals surface area contributed by atoms with Crippen molar-refractivity contribution in [1.29, 1.82) is 0 Å². The zero-order valence-corrected chi connectivity index (χ0v) is 17.4. The summed E-state index contributed by atoms with van der Waals surface area (Å²) in [6.07, 6.45) is -0.730. The van der Waals surface area contributed by atoms with Crippen LogP contribution in [0.3, 0.4) is 0 Å². The summed E-state index contributed by atoms with van der Waals surface area (Å²) in [5.41, 5.74) is -0.294. The first-order valence-corrected chi connectivity index (χ1v) is 10.2. The Morgan fingerprint density at radius 3 is 2.57 bits per heavy atom. The fourth-order valence-corrected chi connectivity index (χ4v) is 4.03. The Bertz CT molecular complexity index is 872. The number of rotatable bonds is 5. The molecule has 0 aliphatic carbocycles. The summed E-state index contributed by atoms with van der Waals surface area (Å²) in [6, 6.07) is 11.2. The van der Waals surface area contributed by atoms with Gasteiger partial charge in [0.25, 0.3) is 0 Å². The molecule has 1 fully saturated rings. The number of nitrogens with one attached hydrogen (secondary N) is 1. The third-order valence-electron chi connectivity index (χ3n) is 5.29. The van der Waals surface area contributed by atoms with Crippen LogP contribution in [0.25, 0.3) is 0 Å². The van der Waals surface area contributed by atoms with Crippen LogP contribution in [-0.4, -0.2) is 31.0 Å². The highest BCUT2D eigenvalue weighted by molar-refractivity contribution is 6.34. The van der Waals surface area contributed by atoms with Gasteiger partial charge in [-0.05, 0) is 49.2 Å². The second-order valence-corrected chi connectivity index (χ2v) is 7.72. The van der Waals surface area contributed by atoms with Gasteiger partial charge in [-0.1, -0.05) is 42.6 Å². The number of halogens is 4. The summed E-state index contributed by atoms with van der Waals surface area (Å²) in [5.74, 6) is 0.226. The predicted molar refractivity (Wildman–Crippen MR) is 111 cm³/mol. The summed E-state index contributed by atoms with van der Waals surface area (Å²) in [7, 11) is 1.60. The topological polar surface area (TPSA) is 41.6 Å². The lowest BCUT2D eigenvalue weighted by atomic mass is 10.0. The maximum absolute atomic E-state index is 13.3. The third kappa shape index (κ3) is 5.46. The molecule has 2 aromatic rings. The molecule has 1 N–H and O–H groups in total. The van der Waals surface area contributed by atoms with Crippen molar-refractivity contribution in [3.05, 3.63) is 58.6 Å². The number of likely N-dealkylation sites (tertiary alicyclic amines) is 1. The maximum atomic E-state index is 13.3. The van der Waals surface area contributed by atoms with Crippen LogP contribution in [0.15, 0.2) is 42.5 Å². The fraction of sp³-hybridized carbons (Fsp3) is 0.409. The van der Waals surface area contributed by atoms with E-state index in [2.05, 4.69) is 5.32 Å². The van der Waals surface area contributed by atoms with Crippen molar-refractivity contribution >= 4 is 23.2 Å². The Labute approximate surface area is 179 Å². The first-order valence-electron chi connectivity index (χ1n) is 9.83. The molecule has 1 atom stereocenters. The van der Waals surface area contributed by atoms with Gasteiger partial charge in [-0.2, -0.15) is 13.2 Å². The molecule has 0 radical (unpaired) electrons. The largest absolute Gasteiger partial charge is 0.497 e. The molecule has 3 rings (SSSR count). The average Bonchev–Trinajstić information content (AvgIpc) is 2.94. The predicted octanol–water partition coefficient (Wildman–Crippen LogP) is 5.92. The number of benzene rings is 2. The number of hydrogen-bond acceptors (Lipinski definition) is 3. The number of carbonyl (C=O) groups is 1. The summed E-state index contributed by atoms with van der Waals surface area (Å²) >= 11 is 5.96. The Hall–Kier alpha value is -2.25. The Morgan fingerprint density at radius 2 is 1.90 bits per heavy atom. The van der Waals surface area contributed by atoms with Crippen LogP contribution in [0.5, 0.6) is 5.75 Å². The highest BCUT2D eigenvalue weighted by Gasteiger charge is 2.35. The van der Waals surface area contributed by atoms with Crippen molar-refractivity contribution in [1.82, 2.24) is 4.90 Å². The van der Waals surface area contributed by atoms with E-state index in [1.54, 1.807) is 7.11 Å². The third-order valence-corrected chi connectivity index (χ3v) is 5.61. The standard InChI is InChI=1S/C22H24ClF3N2O2/c1-30-16-11-9-15(10-12-16)19-8-3-2-4-13-28(19)14-20(29)27-21-17(22(24,25)26)6-5-7-18(21)23/h5-7,9-12,19H,2-4,8,13-14H2,1H3,(H,27,29). The van der Waals surface area contributed by atoms with Gasteiger partial charge in [-0.25, -0.2) is 0 Å². The molecule has 1 amide bonds. The fourth-order valence-electron chi connectivity index (χ4n) is 3.81. The van der Waals surface area contributed by atoms with Gasteiger partial charge in [0.2, 0.25) is 5.91 Å². The van der Waals surface area contributed by atoms with E-state index in [1.807, 2.05) is 29.2 Å². The number of nitrogens with zero attached hydrogens (tertiary/aromatic N) is 1. The Morgan fingerprint density at radius 1 is 1.17 bits per heavy atom. The van der Waals surface area contributed by atoms with Crippen LogP contribution in [0.1, 0.15) is 42.9 Å². The molecule has 1 saturated heterocycles. The van der Waals surface area contributed by atoms with E-state index in [9.17, 15) is 18.0 Å². The molecule has 162 valence electrons. The summed E-state index contributed by atoms with van der Waals surface area (Å²) in [6.45, 7) is 0.679. The SMILES string of the molecule is COc1ccc(C2CCCCCN2CC(=O)Nc2c(Cl)cccc2C(F)(F)F)cc1. The van der Waals surface area contributed by atoms with Crippen LogP contribution < -0.4 is 10.1 Å². The number of alkyl halides is 3. The molecule has 8 heteroatoms. The first kappa shape index (κ1) is 22.4. The number of para-hydroxylation sites is 1. The second-order valence-electron chi connectivity index (χ2n) is 7.32. The monoisotopic (exact) mass is 440 g/mol. The van der Waals surface area contributed by atoms with Gasteiger partial charge in [0.15, 0.2) is 0 Å². The van der Waals surface area contributed by atoms with Crippen molar-refractivity contribution in [2.24, 2.45) is 0 Å². The second kappa shape index (κ2) is 9.71. The molecule has 0 bridgehead atoms. The van der Waals surface area contributed by atoms with Gasteiger partial charge in [-0.3, -0.25) is 9.69 Å². The van der Waals surface area contributed by atoms with Crippen molar-refractivity contribution in [2.45, 2.75) is 37.9 Å². The van der Waals surface area contributed by atoms with Crippen molar-refractivity contribution in [3.63, 3.8) is 0 Å². The van der Waals surface area contributed by atoms with E-state index in [4.69, 9.17) is 16.3 Å². The maximum Gasteiger partial charge on any atom is 0.418 e. The molecule has 30 heavy (non-hydrogen) atoms. The molecular weight excluding hydrogens is 417 g/mol. The van der Waals surface area contributed by atoms with Crippen LogP contribution in [0.2, 0.25) is 5.02 Å². The van der Waals surface area contributed by atoms with Gasteiger partial charge < -0.3 is 10.1 Å². The van der Waals surface area contributed by atoms with Gasteiger partial charge in [0, 0.05) is 6.04 Å². The highest BCUT2D eigenvalue weighted by atomic mass is 35.5. The quantitative estimate of drug-likeness (QED) is 0.627. The average molecular weight is 441 g/mol. The van der Waals surface area contributed by atoms with Crippen LogP contribution in [0, 0.1) is 0 Å². The van der Waals surface area contributed by atoms with E-state index in [-0.39, 0.29) is 17.6 Å².